The molecule has 0 aliphatic carbocycles. The predicted molar refractivity (Wildman–Crippen MR) is 101 cm³/mol. The Hall–Kier alpha value is -0.700. The largest absolute Gasteiger partial charge is 0.491 e. The molecule has 0 aliphatic rings. The number of hydrogen-bond acceptors (Lipinski definition) is 5. The van der Waals surface area contributed by atoms with Crippen LogP contribution in [0.25, 0.3) is 0 Å². The minimum atomic E-state index is -3.79. The van der Waals surface area contributed by atoms with Crippen LogP contribution in [-0.4, -0.2) is 40.6 Å². The summed E-state index contributed by atoms with van der Waals surface area (Å²) in [6, 6.07) is 5.96. The number of ether oxygens (including phenoxy) is 1. The number of hydrogen-bond donors (Lipinski definition) is 1. The lowest BCUT2D eigenvalue weighted by molar-refractivity contribution is 0.261. The van der Waals surface area contributed by atoms with E-state index in [1.165, 1.54) is 12.1 Å². The molecule has 2 aromatic rings. The summed E-state index contributed by atoms with van der Waals surface area (Å²) < 4.78 is 33.0. The van der Waals surface area contributed by atoms with Gasteiger partial charge in [0.2, 0.25) is 0 Å². The van der Waals surface area contributed by atoms with Crippen LogP contribution in [0.1, 0.15) is 0 Å². The second-order valence-corrected chi connectivity index (χ2v) is 9.47. The molecular formula is C14H15Cl3N2O3S2. The van der Waals surface area contributed by atoms with E-state index in [2.05, 4.69) is 4.72 Å². The number of nitrogens with one attached hydrogen (secondary N) is 1. The summed E-state index contributed by atoms with van der Waals surface area (Å²) in [6.45, 7) is 1.14. The Labute approximate surface area is 160 Å². The summed E-state index contributed by atoms with van der Waals surface area (Å²) in [4.78, 5) is 1.96. The van der Waals surface area contributed by atoms with Gasteiger partial charge in [0.25, 0.3) is 10.0 Å². The third-order valence-electron chi connectivity index (χ3n) is 2.87. The monoisotopic (exact) mass is 428 g/mol. The van der Waals surface area contributed by atoms with Crippen molar-refractivity contribution in [2.45, 2.75) is 4.21 Å². The number of halogens is 3. The first kappa shape index (κ1) is 19.6. The van der Waals surface area contributed by atoms with Crippen molar-refractivity contribution in [1.82, 2.24) is 4.90 Å². The van der Waals surface area contributed by atoms with Gasteiger partial charge in [0.1, 0.15) is 20.9 Å². The zero-order valence-corrected chi connectivity index (χ0v) is 16.7. The molecule has 0 aliphatic heterocycles. The van der Waals surface area contributed by atoms with Crippen molar-refractivity contribution in [1.29, 1.82) is 0 Å². The minimum Gasteiger partial charge on any atom is -0.491 e. The summed E-state index contributed by atoms with van der Waals surface area (Å²) in [7, 11) is 0.0611. The molecule has 132 valence electrons. The molecule has 0 saturated carbocycles. The van der Waals surface area contributed by atoms with Gasteiger partial charge in [-0.15, -0.1) is 11.3 Å². The highest BCUT2D eigenvalue weighted by Crippen LogP contribution is 2.35. The fraction of sp³-hybridized carbons (Fsp3) is 0.286. The highest BCUT2D eigenvalue weighted by Gasteiger charge is 2.20. The molecule has 0 amide bonds. The van der Waals surface area contributed by atoms with Gasteiger partial charge in [0.05, 0.1) is 15.7 Å². The topological polar surface area (TPSA) is 58.6 Å². The summed E-state index contributed by atoms with van der Waals surface area (Å²) in [5.41, 5.74) is 0.333. The minimum absolute atomic E-state index is 0.0301. The Kier molecular flexibility index (Phi) is 6.64. The van der Waals surface area contributed by atoms with Gasteiger partial charge in [-0.05, 0) is 32.3 Å². The first-order chi connectivity index (χ1) is 11.2. The van der Waals surface area contributed by atoms with Gasteiger partial charge in [0, 0.05) is 12.6 Å². The van der Waals surface area contributed by atoms with Crippen molar-refractivity contribution in [3.8, 4) is 5.75 Å². The second kappa shape index (κ2) is 8.12. The number of nitrogens with zero attached hydrogens (tertiary/aromatic N) is 1. The van der Waals surface area contributed by atoms with Crippen molar-refractivity contribution >= 4 is 61.9 Å². The molecule has 0 bridgehead atoms. The standard InChI is InChI=1S/C14H15Cl3N2O3S2/c1-19(2)5-6-22-12-7-9(3-4-10(12)15)18-24(20,21)13-8-11(16)14(17)23-13/h3-4,7-8,18H,5-6H2,1-2H3. The van der Waals surface area contributed by atoms with Gasteiger partial charge < -0.3 is 9.64 Å². The Bertz CT molecular complexity index is 803. The lowest BCUT2D eigenvalue weighted by Gasteiger charge is -2.13. The molecule has 1 aromatic carbocycles. The maximum atomic E-state index is 12.4. The van der Waals surface area contributed by atoms with Crippen LogP contribution < -0.4 is 9.46 Å². The Morgan fingerprint density at radius 1 is 1.17 bits per heavy atom. The van der Waals surface area contributed by atoms with Crippen molar-refractivity contribution in [3.63, 3.8) is 0 Å². The fourth-order valence-electron chi connectivity index (χ4n) is 1.68. The van der Waals surface area contributed by atoms with Crippen molar-refractivity contribution < 1.29 is 13.2 Å². The van der Waals surface area contributed by atoms with Gasteiger partial charge >= 0.3 is 0 Å². The number of likely N-dealkylation sites (N-methyl/N-ethyl adjacent to an activating group) is 1. The molecule has 0 radical (unpaired) electrons. The number of sulfonamides is 1. The second-order valence-electron chi connectivity index (χ2n) is 5.09. The fourth-order valence-corrected chi connectivity index (χ4v) is 4.78. The third kappa shape index (κ3) is 5.15. The summed E-state index contributed by atoms with van der Waals surface area (Å²) in [5.74, 6) is 0.404. The third-order valence-corrected chi connectivity index (χ3v) is 6.90. The summed E-state index contributed by atoms with van der Waals surface area (Å²) in [6.07, 6.45) is 0. The molecule has 0 atom stereocenters. The Morgan fingerprint density at radius 3 is 2.46 bits per heavy atom. The number of thiophene rings is 1. The van der Waals surface area contributed by atoms with Gasteiger partial charge in [-0.1, -0.05) is 34.8 Å². The number of benzene rings is 1. The molecule has 24 heavy (non-hydrogen) atoms. The summed E-state index contributed by atoms with van der Waals surface area (Å²) in [5, 5.41) is 0.602. The molecule has 1 aromatic heterocycles. The van der Waals surface area contributed by atoms with E-state index in [4.69, 9.17) is 39.5 Å². The van der Waals surface area contributed by atoms with Crippen LogP contribution in [-0.2, 0) is 10.0 Å². The zero-order chi connectivity index (χ0) is 17.9. The van der Waals surface area contributed by atoms with Crippen molar-refractivity contribution in [2.75, 3.05) is 32.0 Å². The van der Waals surface area contributed by atoms with Crippen LogP contribution in [0, 0.1) is 0 Å². The van der Waals surface area contributed by atoms with Gasteiger partial charge in [0.15, 0.2) is 0 Å². The van der Waals surface area contributed by atoms with E-state index >= 15 is 0 Å². The first-order valence-corrected chi connectivity index (χ1v) is 10.2. The first-order valence-electron chi connectivity index (χ1n) is 6.74. The molecule has 2 rings (SSSR count). The molecule has 0 unspecified atom stereocenters. The van der Waals surface area contributed by atoms with E-state index < -0.39 is 10.0 Å². The SMILES string of the molecule is CN(C)CCOc1cc(NS(=O)(=O)c2cc(Cl)c(Cl)s2)ccc1Cl. The average molecular weight is 430 g/mol. The van der Waals surface area contributed by atoms with Crippen LogP contribution >= 0.6 is 46.1 Å². The van der Waals surface area contributed by atoms with Gasteiger partial charge in [-0.25, -0.2) is 8.42 Å². The lowest BCUT2D eigenvalue weighted by atomic mass is 10.3. The van der Waals surface area contributed by atoms with E-state index in [0.717, 1.165) is 11.3 Å². The van der Waals surface area contributed by atoms with E-state index in [1.54, 1.807) is 12.1 Å². The quantitative estimate of drug-likeness (QED) is 0.706. The number of rotatable bonds is 7. The van der Waals surface area contributed by atoms with E-state index in [-0.39, 0.29) is 13.6 Å². The van der Waals surface area contributed by atoms with Gasteiger partial charge in [-0.3, -0.25) is 4.72 Å². The predicted octanol–water partition coefficient (Wildman–Crippen LogP) is 4.45. The van der Waals surface area contributed by atoms with Gasteiger partial charge in [-0.2, -0.15) is 0 Å². The van der Waals surface area contributed by atoms with Crippen LogP contribution in [0.2, 0.25) is 14.4 Å². The molecule has 1 N–H and O–H groups in total. The molecule has 1 heterocycles. The highest BCUT2D eigenvalue weighted by molar-refractivity contribution is 7.94. The van der Waals surface area contributed by atoms with Crippen molar-refractivity contribution in [2.24, 2.45) is 0 Å². The van der Waals surface area contributed by atoms with E-state index in [0.29, 0.717) is 29.6 Å². The van der Waals surface area contributed by atoms with Crippen LogP contribution in [0.5, 0.6) is 5.75 Å². The molecule has 10 heteroatoms. The molecular weight excluding hydrogens is 415 g/mol. The normalized spacial score (nSPS) is 11.8. The molecule has 0 spiro atoms. The molecule has 0 saturated heterocycles. The van der Waals surface area contributed by atoms with Crippen LogP contribution in [0.4, 0.5) is 5.69 Å². The summed E-state index contributed by atoms with van der Waals surface area (Å²) >= 11 is 18.6. The molecule has 5 nitrogen and oxygen atoms in total. The van der Waals surface area contributed by atoms with E-state index in [1.807, 2.05) is 19.0 Å². The number of anilines is 1. The highest BCUT2D eigenvalue weighted by atomic mass is 35.5. The van der Waals surface area contributed by atoms with Crippen molar-refractivity contribution in [3.05, 3.63) is 38.6 Å². The maximum Gasteiger partial charge on any atom is 0.271 e. The van der Waals surface area contributed by atoms with E-state index in [9.17, 15) is 8.42 Å². The maximum absolute atomic E-state index is 12.4. The van der Waals surface area contributed by atoms with Crippen LogP contribution in [0.3, 0.4) is 0 Å². The Morgan fingerprint density at radius 2 is 1.88 bits per heavy atom. The Balaban J connectivity index is 2.17. The average Bonchev–Trinajstić information content (AvgIpc) is 2.82. The zero-order valence-electron chi connectivity index (χ0n) is 12.8. The smallest absolute Gasteiger partial charge is 0.271 e. The lowest BCUT2D eigenvalue weighted by Crippen LogP contribution is -2.19. The molecule has 0 fully saturated rings. The van der Waals surface area contributed by atoms with Crippen LogP contribution in [0.15, 0.2) is 28.5 Å².